The standard InChI is InChI=1S/C12H17BrN2O3S/c1-18-12-7-10(11(13)8-14-12)9-15-5-3-2-4-6-19(15,16)17/h7-8H,2-6,9H2,1H3. The van der Waals surface area contributed by atoms with Crippen LogP contribution in [0, 0.1) is 0 Å². The number of hydrogen-bond donors (Lipinski definition) is 0. The Hall–Kier alpha value is -0.660. The van der Waals surface area contributed by atoms with E-state index >= 15 is 0 Å². The Bertz CT molecular complexity index is 548. The Labute approximate surface area is 122 Å². The molecule has 0 saturated carbocycles. The zero-order valence-electron chi connectivity index (χ0n) is 10.8. The van der Waals surface area contributed by atoms with Crippen LogP contribution in [0.4, 0.5) is 0 Å². The first-order valence-corrected chi connectivity index (χ1v) is 8.59. The molecule has 0 aliphatic carbocycles. The van der Waals surface area contributed by atoms with Gasteiger partial charge in [0.2, 0.25) is 15.9 Å². The molecule has 0 unspecified atom stereocenters. The summed E-state index contributed by atoms with van der Waals surface area (Å²) in [7, 11) is -1.60. The summed E-state index contributed by atoms with van der Waals surface area (Å²) in [6.07, 6.45) is 4.27. The van der Waals surface area contributed by atoms with Gasteiger partial charge in [-0.05, 0) is 34.3 Å². The zero-order valence-corrected chi connectivity index (χ0v) is 13.2. The van der Waals surface area contributed by atoms with Crippen LogP contribution in [0.25, 0.3) is 0 Å². The summed E-state index contributed by atoms with van der Waals surface area (Å²) in [6.45, 7) is 0.946. The third kappa shape index (κ3) is 3.67. The van der Waals surface area contributed by atoms with Crippen LogP contribution in [-0.2, 0) is 16.6 Å². The van der Waals surface area contributed by atoms with Crippen LogP contribution in [0.3, 0.4) is 0 Å². The van der Waals surface area contributed by atoms with E-state index in [1.54, 1.807) is 23.7 Å². The predicted octanol–water partition coefficient (Wildman–Crippen LogP) is 2.17. The number of aromatic nitrogens is 1. The molecule has 0 N–H and O–H groups in total. The van der Waals surface area contributed by atoms with Crippen molar-refractivity contribution in [2.45, 2.75) is 25.8 Å². The van der Waals surface area contributed by atoms with Crippen molar-refractivity contribution in [3.05, 3.63) is 22.3 Å². The SMILES string of the molecule is COc1cc(CN2CCCCCS2(=O)=O)c(Br)cn1. The van der Waals surface area contributed by atoms with Gasteiger partial charge < -0.3 is 4.74 Å². The van der Waals surface area contributed by atoms with Crippen molar-refractivity contribution in [2.24, 2.45) is 0 Å². The van der Waals surface area contributed by atoms with Crippen LogP contribution < -0.4 is 4.74 Å². The van der Waals surface area contributed by atoms with Gasteiger partial charge in [-0.1, -0.05) is 6.42 Å². The molecule has 0 amide bonds. The molecule has 0 spiro atoms. The molecule has 1 aromatic rings. The van der Waals surface area contributed by atoms with Gasteiger partial charge in [-0.2, -0.15) is 4.31 Å². The van der Waals surface area contributed by atoms with Crippen LogP contribution in [0.1, 0.15) is 24.8 Å². The number of halogens is 1. The Morgan fingerprint density at radius 1 is 1.42 bits per heavy atom. The van der Waals surface area contributed by atoms with Gasteiger partial charge in [0.15, 0.2) is 0 Å². The first-order chi connectivity index (χ1) is 9.03. The summed E-state index contributed by atoms with van der Waals surface area (Å²) in [5, 5.41) is 0. The first-order valence-electron chi connectivity index (χ1n) is 6.19. The van der Waals surface area contributed by atoms with Gasteiger partial charge in [-0.25, -0.2) is 13.4 Å². The number of pyridine rings is 1. The second-order valence-corrected chi connectivity index (χ2v) is 7.47. The van der Waals surface area contributed by atoms with E-state index in [9.17, 15) is 8.42 Å². The number of rotatable bonds is 3. The third-order valence-electron chi connectivity index (χ3n) is 3.17. The van der Waals surface area contributed by atoms with Gasteiger partial charge in [0, 0.05) is 29.8 Å². The van der Waals surface area contributed by atoms with Crippen molar-refractivity contribution < 1.29 is 13.2 Å². The van der Waals surface area contributed by atoms with Crippen molar-refractivity contribution in [2.75, 3.05) is 19.4 Å². The highest BCUT2D eigenvalue weighted by atomic mass is 79.9. The summed E-state index contributed by atoms with van der Waals surface area (Å²) in [6, 6.07) is 1.77. The highest BCUT2D eigenvalue weighted by Crippen LogP contribution is 2.24. The second-order valence-electron chi connectivity index (χ2n) is 4.53. The largest absolute Gasteiger partial charge is 0.481 e. The molecule has 1 fully saturated rings. The van der Waals surface area contributed by atoms with Crippen molar-refractivity contribution in [1.29, 1.82) is 0 Å². The van der Waals surface area contributed by atoms with E-state index in [1.165, 1.54) is 0 Å². The Balaban J connectivity index is 2.24. The maximum absolute atomic E-state index is 12.1. The summed E-state index contributed by atoms with van der Waals surface area (Å²) < 4.78 is 31.7. The molecule has 7 heteroatoms. The quantitative estimate of drug-likeness (QED) is 0.839. The summed E-state index contributed by atoms with van der Waals surface area (Å²) in [5.41, 5.74) is 0.873. The van der Waals surface area contributed by atoms with Gasteiger partial charge >= 0.3 is 0 Å². The van der Waals surface area contributed by atoms with E-state index < -0.39 is 10.0 Å². The first kappa shape index (κ1) is 14.7. The number of sulfonamides is 1. The van der Waals surface area contributed by atoms with Crippen molar-refractivity contribution in [3.63, 3.8) is 0 Å². The van der Waals surface area contributed by atoms with Crippen LogP contribution in [0.2, 0.25) is 0 Å². The maximum atomic E-state index is 12.1. The maximum Gasteiger partial charge on any atom is 0.214 e. The fourth-order valence-electron chi connectivity index (χ4n) is 2.08. The lowest BCUT2D eigenvalue weighted by atomic mass is 10.2. The van der Waals surface area contributed by atoms with E-state index in [0.29, 0.717) is 19.0 Å². The Kier molecular flexibility index (Phi) is 4.81. The molecule has 2 rings (SSSR count). The molecule has 0 radical (unpaired) electrons. The molecule has 1 saturated heterocycles. The highest BCUT2D eigenvalue weighted by molar-refractivity contribution is 9.10. The summed E-state index contributed by atoms with van der Waals surface area (Å²) in [5.74, 6) is 0.734. The monoisotopic (exact) mass is 348 g/mol. The molecule has 0 bridgehead atoms. The normalized spacial score (nSPS) is 19.9. The third-order valence-corrected chi connectivity index (χ3v) is 5.79. The van der Waals surface area contributed by atoms with Crippen LogP contribution in [-0.4, -0.2) is 37.1 Å². The Morgan fingerprint density at radius 3 is 2.95 bits per heavy atom. The predicted molar refractivity (Wildman–Crippen MR) is 76.5 cm³/mol. The lowest BCUT2D eigenvalue weighted by Crippen LogP contribution is -2.31. The van der Waals surface area contributed by atoms with Gasteiger partial charge in [0.05, 0.1) is 12.9 Å². The number of nitrogens with zero attached hydrogens (tertiary/aromatic N) is 2. The number of hydrogen-bond acceptors (Lipinski definition) is 4. The fraction of sp³-hybridized carbons (Fsp3) is 0.583. The van der Waals surface area contributed by atoms with E-state index in [-0.39, 0.29) is 5.75 Å². The van der Waals surface area contributed by atoms with Crippen LogP contribution in [0.5, 0.6) is 5.88 Å². The molecule has 2 heterocycles. The smallest absolute Gasteiger partial charge is 0.214 e. The Morgan fingerprint density at radius 2 is 2.21 bits per heavy atom. The van der Waals surface area contributed by atoms with Crippen molar-refractivity contribution in [3.8, 4) is 5.88 Å². The van der Waals surface area contributed by atoms with Crippen LogP contribution >= 0.6 is 15.9 Å². The minimum absolute atomic E-state index is 0.243. The minimum atomic E-state index is -3.14. The van der Waals surface area contributed by atoms with E-state index in [1.807, 2.05) is 0 Å². The van der Waals surface area contributed by atoms with Gasteiger partial charge in [-0.3, -0.25) is 0 Å². The lowest BCUT2D eigenvalue weighted by molar-refractivity contribution is 0.389. The summed E-state index contributed by atoms with van der Waals surface area (Å²) in [4.78, 5) is 4.07. The van der Waals surface area contributed by atoms with Gasteiger partial charge in [0.1, 0.15) is 0 Å². The molecule has 106 valence electrons. The summed E-state index contributed by atoms with van der Waals surface area (Å²) >= 11 is 3.40. The fourth-order valence-corrected chi connectivity index (χ4v) is 3.99. The minimum Gasteiger partial charge on any atom is -0.481 e. The molecule has 19 heavy (non-hydrogen) atoms. The second kappa shape index (κ2) is 6.19. The molecule has 5 nitrogen and oxygen atoms in total. The number of methoxy groups -OCH3 is 1. The lowest BCUT2D eigenvalue weighted by Gasteiger charge is -2.20. The molecule has 0 atom stereocenters. The van der Waals surface area contributed by atoms with E-state index in [0.717, 1.165) is 29.3 Å². The molecule has 1 aliphatic heterocycles. The van der Waals surface area contributed by atoms with Crippen LogP contribution in [0.15, 0.2) is 16.7 Å². The molecule has 0 aromatic carbocycles. The van der Waals surface area contributed by atoms with E-state index in [4.69, 9.17) is 4.74 Å². The van der Waals surface area contributed by atoms with E-state index in [2.05, 4.69) is 20.9 Å². The average molecular weight is 349 g/mol. The molecule has 1 aliphatic rings. The molecule has 1 aromatic heterocycles. The zero-order chi connectivity index (χ0) is 13.9. The van der Waals surface area contributed by atoms with Crippen molar-refractivity contribution in [1.82, 2.24) is 9.29 Å². The topological polar surface area (TPSA) is 59.5 Å². The van der Waals surface area contributed by atoms with Gasteiger partial charge in [-0.15, -0.1) is 0 Å². The number of ether oxygens (including phenoxy) is 1. The average Bonchev–Trinajstić information content (AvgIpc) is 2.54. The highest BCUT2D eigenvalue weighted by Gasteiger charge is 2.25. The van der Waals surface area contributed by atoms with Crippen molar-refractivity contribution >= 4 is 26.0 Å². The van der Waals surface area contributed by atoms with Gasteiger partial charge in [0.25, 0.3) is 0 Å². The molecular formula is C12H17BrN2O3S. The molecular weight excluding hydrogens is 332 g/mol.